The molecule has 7 nitrogen and oxygen atoms in total. The Morgan fingerprint density at radius 1 is 0.923 bits per heavy atom. The van der Waals surface area contributed by atoms with Crippen LogP contribution in [0.1, 0.15) is 33.6 Å². The summed E-state index contributed by atoms with van der Waals surface area (Å²) in [5.74, 6) is -0.561. The summed E-state index contributed by atoms with van der Waals surface area (Å²) in [4.78, 5) is 13.1. The number of carbonyl (C=O) groups is 1. The van der Waals surface area contributed by atoms with Crippen LogP contribution >= 0.6 is 11.6 Å². The van der Waals surface area contributed by atoms with Gasteiger partial charge in [-0.3, -0.25) is 9.10 Å². The zero-order valence-electron chi connectivity index (χ0n) is 22.6. The Bertz CT molecular complexity index is 1640. The molecule has 0 spiro atoms. The summed E-state index contributed by atoms with van der Waals surface area (Å²) in [6.07, 6.45) is 1.56. The van der Waals surface area contributed by atoms with E-state index in [-0.39, 0.29) is 4.90 Å². The van der Waals surface area contributed by atoms with Crippen LogP contribution in [0.4, 0.5) is 5.69 Å². The number of nitrogens with zero attached hydrogens (tertiary/aromatic N) is 3. The number of halogens is 1. The van der Waals surface area contributed by atoms with Crippen molar-refractivity contribution < 1.29 is 13.2 Å². The van der Waals surface area contributed by atoms with Crippen LogP contribution in [0.15, 0.2) is 82.8 Å². The Balaban J connectivity index is 1.58. The molecular weight excluding hydrogens is 532 g/mol. The summed E-state index contributed by atoms with van der Waals surface area (Å²) < 4.78 is 30.6. The van der Waals surface area contributed by atoms with E-state index in [0.29, 0.717) is 10.7 Å². The average Bonchev–Trinajstić information content (AvgIpc) is 3.17. The highest BCUT2D eigenvalue weighted by Crippen LogP contribution is 2.28. The van der Waals surface area contributed by atoms with Gasteiger partial charge in [-0.05, 0) is 94.3 Å². The highest BCUT2D eigenvalue weighted by atomic mass is 35.5. The van der Waals surface area contributed by atoms with E-state index in [1.54, 1.807) is 36.5 Å². The molecule has 0 aliphatic rings. The number of hydrogen-bond acceptors (Lipinski definition) is 4. The molecule has 0 unspecified atom stereocenters. The molecule has 0 fully saturated rings. The number of hydrogen-bond donors (Lipinski definition) is 1. The molecule has 1 N–H and O–H groups in total. The van der Waals surface area contributed by atoms with Gasteiger partial charge in [0.25, 0.3) is 15.9 Å². The maximum atomic E-state index is 13.7. The number of nitrogens with one attached hydrogen (secondary N) is 1. The highest BCUT2D eigenvalue weighted by molar-refractivity contribution is 7.92. The molecule has 0 saturated heterocycles. The van der Waals surface area contributed by atoms with E-state index in [1.807, 2.05) is 77.1 Å². The first-order chi connectivity index (χ1) is 18.5. The highest BCUT2D eigenvalue weighted by Gasteiger charge is 2.28. The number of carbonyl (C=O) groups excluding carboxylic acids is 1. The molecule has 0 atom stereocenters. The summed E-state index contributed by atoms with van der Waals surface area (Å²) in [7, 11) is -4.02. The first kappa shape index (κ1) is 28.1. The fourth-order valence-electron chi connectivity index (χ4n) is 4.37. The van der Waals surface area contributed by atoms with Gasteiger partial charge in [0.1, 0.15) is 6.54 Å². The van der Waals surface area contributed by atoms with Crippen LogP contribution in [-0.2, 0) is 14.8 Å². The van der Waals surface area contributed by atoms with Crippen LogP contribution in [0.25, 0.3) is 5.69 Å². The zero-order valence-corrected chi connectivity index (χ0v) is 24.1. The number of amides is 1. The van der Waals surface area contributed by atoms with Crippen LogP contribution in [0, 0.1) is 34.6 Å². The third kappa shape index (κ3) is 6.24. The molecule has 9 heteroatoms. The molecule has 1 aromatic heterocycles. The van der Waals surface area contributed by atoms with Crippen LogP contribution in [0.3, 0.4) is 0 Å². The number of anilines is 1. The molecule has 3 aromatic carbocycles. The Morgan fingerprint density at radius 2 is 1.56 bits per heavy atom. The molecule has 202 valence electrons. The van der Waals surface area contributed by atoms with Gasteiger partial charge in [0.15, 0.2) is 0 Å². The van der Waals surface area contributed by atoms with Gasteiger partial charge in [-0.2, -0.15) is 5.10 Å². The lowest BCUT2D eigenvalue weighted by Crippen LogP contribution is -2.40. The first-order valence-corrected chi connectivity index (χ1v) is 14.2. The fraction of sp³-hybridized carbons (Fsp3) is 0.200. The predicted molar refractivity (Wildman–Crippen MR) is 158 cm³/mol. The summed E-state index contributed by atoms with van der Waals surface area (Å²) in [5, 5.41) is 4.79. The van der Waals surface area contributed by atoms with E-state index < -0.39 is 22.5 Å². The molecule has 1 heterocycles. The van der Waals surface area contributed by atoms with Crippen molar-refractivity contribution in [2.24, 2.45) is 5.10 Å². The van der Waals surface area contributed by atoms with Crippen molar-refractivity contribution in [2.45, 2.75) is 39.5 Å². The second-order valence-corrected chi connectivity index (χ2v) is 11.8. The Labute approximate surface area is 234 Å². The van der Waals surface area contributed by atoms with Gasteiger partial charge in [0, 0.05) is 27.7 Å². The quantitative estimate of drug-likeness (QED) is 0.210. The number of benzene rings is 3. The van der Waals surface area contributed by atoms with Crippen molar-refractivity contribution in [1.29, 1.82) is 0 Å². The summed E-state index contributed by atoms with van der Waals surface area (Å²) in [6.45, 7) is 9.10. The minimum atomic E-state index is -4.02. The summed E-state index contributed by atoms with van der Waals surface area (Å²) in [6, 6.07) is 21.6. The minimum Gasteiger partial charge on any atom is -0.318 e. The number of hydrazone groups is 1. The third-order valence-corrected chi connectivity index (χ3v) is 8.50. The monoisotopic (exact) mass is 562 g/mol. The zero-order chi connectivity index (χ0) is 28.3. The molecular formula is C30H31ClN4O3S. The Morgan fingerprint density at radius 3 is 2.23 bits per heavy atom. The van der Waals surface area contributed by atoms with Crippen molar-refractivity contribution in [3.63, 3.8) is 0 Å². The molecule has 0 aliphatic carbocycles. The third-order valence-electron chi connectivity index (χ3n) is 6.48. The predicted octanol–water partition coefficient (Wildman–Crippen LogP) is 6.02. The van der Waals surface area contributed by atoms with Crippen LogP contribution in [0.2, 0.25) is 5.02 Å². The standard InChI is InChI=1S/C30H31ClN4O3S/c1-20-7-14-28(15-8-20)39(37,38)34(29-16-21(2)6-9-22(29)3)19-30(36)33-32-18-25-17-23(4)35(24(25)5)27-12-10-26(31)11-13-27/h6-18H,19H2,1-5H3,(H,33,36)/b32-18-. The van der Waals surface area contributed by atoms with Gasteiger partial charge in [-0.25, -0.2) is 13.8 Å². The normalized spacial score (nSPS) is 11.6. The SMILES string of the molecule is Cc1ccc(S(=O)(=O)N(CC(=O)N/N=C\c2cc(C)n(-c3ccc(Cl)cc3)c2C)c2cc(C)ccc2C)cc1. The van der Waals surface area contributed by atoms with E-state index in [9.17, 15) is 13.2 Å². The van der Waals surface area contributed by atoms with Gasteiger partial charge < -0.3 is 4.57 Å². The maximum Gasteiger partial charge on any atom is 0.264 e. The number of aromatic nitrogens is 1. The lowest BCUT2D eigenvalue weighted by molar-refractivity contribution is -0.119. The number of rotatable bonds is 8. The second-order valence-electron chi connectivity index (χ2n) is 9.55. The maximum absolute atomic E-state index is 13.7. The fourth-order valence-corrected chi connectivity index (χ4v) is 5.97. The topological polar surface area (TPSA) is 83.8 Å². The van der Waals surface area contributed by atoms with Crippen LogP contribution < -0.4 is 9.73 Å². The van der Waals surface area contributed by atoms with E-state index in [0.717, 1.165) is 43.6 Å². The van der Waals surface area contributed by atoms with Gasteiger partial charge in [-0.15, -0.1) is 0 Å². The molecule has 39 heavy (non-hydrogen) atoms. The van der Waals surface area contributed by atoms with Crippen LogP contribution in [-0.4, -0.2) is 31.7 Å². The Kier molecular flexibility index (Phi) is 8.28. The summed E-state index contributed by atoms with van der Waals surface area (Å²) >= 11 is 6.03. The lowest BCUT2D eigenvalue weighted by Gasteiger charge is -2.25. The van der Waals surface area contributed by atoms with Crippen molar-refractivity contribution in [2.75, 3.05) is 10.8 Å². The van der Waals surface area contributed by atoms with Crippen LogP contribution in [0.5, 0.6) is 0 Å². The Hall–Kier alpha value is -3.88. The minimum absolute atomic E-state index is 0.111. The number of sulfonamides is 1. The molecule has 0 bridgehead atoms. The van der Waals surface area contributed by atoms with Gasteiger partial charge in [0.2, 0.25) is 0 Å². The lowest BCUT2D eigenvalue weighted by atomic mass is 10.1. The van der Waals surface area contributed by atoms with Crippen molar-refractivity contribution >= 4 is 39.4 Å². The van der Waals surface area contributed by atoms with E-state index in [1.165, 1.54) is 0 Å². The van der Waals surface area contributed by atoms with Gasteiger partial charge >= 0.3 is 0 Å². The van der Waals surface area contributed by atoms with Crippen molar-refractivity contribution in [3.05, 3.63) is 111 Å². The molecule has 0 radical (unpaired) electrons. The molecule has 4 rings (SSSR count). The largest absolute Gasteiger partial charge is 0.318 e. The molecule has 0 aliphatic heterocycles. The molecule has 1 amide bonds. The van der Waals surface area contributed by atoms with E-state index in [2.05, 4.69) is 15.1 Å². The average molecular weight is 563 g/mol. The van der Waals surface area contributed by atoms with Gasteiger partial charge in [-0.1, -0.05) is 41.4 Å². The van der Waals surface area contributed by atoms with Crippen molar-refractivity contribution in [1.82, 2.24) is 9.99 Å². The van der Waals surface area contributed by atoms with E-state index in [4.69, 9.17) is 11.6 Å². The second kappa shape index (κ2) is 11.5. The molecule has 4 aromatic rings. The van der Waals surface area contributed by atoms with E-state index >= 15 is 0 Å². The van der Waals surface area contributed by atoms with Gasteiger partial charge in [0.05, 0.1) is 16.8 Å². The van der Waals surface area contributed by atoms with Crippen molar-refractivity contribution in [3.8, 4) is 5.69 Å². The first-order valence-electron chi connectivity index (χ1n) is 12.4. The molecule has 0 saturated carbocycles. The summed E-state index contributed by atoms with van der Waals surface area (Å²) in [5.41, 5.74) is 9.22. The smallest absolute Gasteiger partial charge is 0.264 e. The number of aryl methyl sites for hydroxylation is 4.